The van der Waals surface area contributed by atoms with Crippen molar-refractivity contribution in [1.82, 2.24) is 35.5 Å². The largest absolute Gasteiger partial charge is 0.307 e. The van der Waals surface area contributed by atoms with E-state index < -0.39 is 0 Å². The number of tetrazole rings is 1. The molecular weight excluding hydrogens is 230 g/mol. The fraction of sp³-hybridized carbons (Fsp3) is 0.545. The number of rotatable bonds is 5. The fourth-order valence-corrected chi connectivity index (χ4v) is 1.67. The lowest BCUT2D eigenvalue weighted by atomic mass is 10.2. The Bertz CT molecular complexity index is 490. The molecule has 0 bridgehead atoms. The van der Waals surface area contributed by atoms with Crippen LogP contribution in [0.2, 0.25) is 0 Å². The quantitative estimate of drug-likeness (QED) is 0.813. The average Bonchev–Trinajstić information content (AvgIpc) is 2.75. The number of hydrogen-bond donors (Lipinski definition) is 1. The summed E-state index contributed by atoms with van der Waals surface area (Å²) in [5.74, 6) is 1.45. The van der Waals surface area contributed by atoms with Crippen molar-refractivity contribution in [2.24, 2.45) is 7.05 Å². The molecular formula is C11H17N7. The van der Waals surface area contributed by atoms with Crippen LogP contribution in [-0.4, -0.2) is 36.7 Å². The highest BCUT2D eigenvalue weighted by Gasteiger charge is 2.16. The number of likely N-dealkylation sites (N-methyl/N-ethyl adjacent to an activating group) is 1. The molecule has 1 N–H and O–H groups in total. The maximum absolute atomic E-state index is 4.34. The number of aromatic nitrogens is 6. The van der Waals surface area contributed by atoms with Gasteiger partial charge in [0.15, 0.2) is 5.82 Å². The Morgan fingerprint density at radius 1 is 1.33 bits per heavy atom. The second kappa shape index (κ2) is 5.63. The van der Waals surface area contributed by atoms with Crippen LogP contribution in [0, 0.1) is 6.92 Å². The number of aryl methyl sites for hydroxylation is 2. The zero-order valence-corrected chi connectivity index (χ0v) is 10.8. The molecule has 2 rings (SSSR count). The molecule has 0 spiro atoms. The van der Waals surface area contributed by atoms with Crippen molar-refractivity contribution in [3.05, 3.63) is 29.6 Å². The fourth-order valence-electron chi connectivity index (χ4n) is 1.67. The Morgan fingerprint density at radius 2 is 2.06 bits per heavy atom. The molecule has 2 aromatic rings. The third kappa shape index (κ3) is 3.07. The molecule has 2 aromatic heterocycles. The summed E-state index contributed by atoms with van der Waals surface area (Å²) in [5.41, 5.74) is 1.05. The van der Waals surface area contributed by atoms with Crippen molar-refractivity contribution in [3.63, 3.8) is 0 Å². The minimum Gasteiger partial charge on any atom is -0.307 e. The van der Waals surface area contributed by atoms with Crippen LogP contribution in [0.25, 0.3) is 0 Å². The van der Waals surface area contributed by atoms with Gasteiger partial charge in [0, 0.05) is 18.8 Å². The van der Waals surface area contributed by atoms with E-state index >= 15 is 0 Å². The Labute approximate surface area is 106 Å². The van der Waals surface area contributed by atoms with Crippen molar-refractivity contribution in [2.45, 2.75) is 26.3 Å². The van der Waals surface area contributed by atoms with Gasteiger partial charge in [-0.2, -0.15) is 4.80 Å². The lowest BCUT2D eigenvalue weighted by molar-refractivity contribution is 0.508. The molecule has 0 aliphatic carbocycles. The predicted octanol–water partition coefficient (Wildman–Crippen LogP) is 0.202. The van der Waals surface area contributed by atoms with Gasteiger partial charge in [-0.1, -0.05) is 6.92 Å². The van der Waals surface area contributed by atoms with Gasteiger partial charge in [-0.15, -0.1) is 10.2 Å². The lowest BCUT2D eigenvalue weighted by Gasteiger charge is -2.14. The standard InChI is InChI=1S/C11H17N7/c1-4-12-9(5-10-15-17-18(3)16-10)11-13-6-8(2)7-14-11/h6-7,9,12H,4-5H2,1-3H3. The molecule has 7 heteroatoms. The Morgan fingerprint density at radius 3 is 2.61 bits per heavy atom. The summed E-state index contributed by atoms with van der Waals surface area (Å²) in [6, 6.07) is 0.0137. The predicted molar refractivity (Wildman–Crippen MR) is 65.7 cm³/mol. The van der Waals surface area contributed by atoms with Gasteiger partial charge in [0.1, 0.15) is 5.82 Å². The van der Waals surface area contributed by atoms with Crippen LogP contribution in [0.15, 0.2) is 12.4 Å². The van der Waals surface area contributed by atoms with E-state index in [1.807, 2.05) is 26.2 Å². The first-order valence-electron chi connectivity index (χ1n) is 5.94. The molecule has 0 aliphatic heterocycles. The van der Waals surface area contributed by atoms with E-state index in [0.717, 1.165) is 17.9 Å². The maximum atomic E-state index is 4.34. The molecule has 96 valence electrons. The first-order chi connectivity index (χ1) is 8.69. The minimum absolute atomic E-state index is 0.0137. The van der Waals surface area contributed by atoms with E-state index in [0.29, 0.717) is 12.2 Å². The highest BCUT2D eigenvalue weighted by atomic mass is 15.6. The SMILES string of the molecule is CCNC(Cc1nnn(C)n1)c1ncc(C)cn1. The van der Waals surface area contributed by atoms with E-state index in [9.17, 15) is 0 Å². The van der Waals surface area contributed by atoms with Crippen molar-refractivity contribution in [3.8, 4) is 0 Å². The van der Waals surface area contributed by atoms with Gasteiger partial charge < -0.3 is 5.32 Å². The molecule has 0 aromatic carbocycles. The van der Waals surface area contributed by atoms with Gasteiger partial charge in [0.25, 0.3) is 0 Å². The van der Waals surface area contributed by atoms with Crippen LogP contribution in [0.1, 0.15) is 30.2 Å². The Kier molecular flexibility index (Phi) is 3.93. The zero-order valence-electron chi connectivity index (χ0n) is 10.8. The minimum atomic E-state index is 0.0137. The van der Waals surface area contributed by atoms with Gasteiger partial charge in [-0.25, -0.2) is 9.97 Å². The van der Waals surface area contributed by atoms with E-state index in [-0.39, 0.29) is 6.04 Å². The van der Waals surface area contributed by atoms with Crippen LogP contribution < -0.4 is 5.32 Å². The third-order valence-electron chi connectivity index (χ3n) is 2.50. The zero-order chi connectivity index (χ0) is 13.0. The molecule has 7 nitrogen and oxygen atoms in total. The summed E-state index contributed by atoms with van der Waals surface area (Å²) in [4.78, 5) is 10.1. The molecule has 2 heterocycles. The molecule has 0 amide bonds. The van der Waals surface area contributed by atoms with Gasteiger partial charge >= 0.3 is 0 Å². The summed E-state index contributed by atoms with van der Waals surface area (Å²) < 4.78 is 0. The molecule has 1 unspecified atom stereocenters. The second-order valence-electron chi connectivity index (χ2n) is 4.13. The number of nitrogens with zero attached hydrogens (tertiary/aromatic N) is 6. The van der Waals surface area contributed by atoms with Gasteiger partial charge in [0.2, 0.25) is 0 Å². The average molecular weight is 247 g/mol. The summed E-state index contributed by atoms with van der Waals surface area (Å²) in [7, 11) is 1.75. The van der Waals surface area contributed by atoms with Crippen LogP contribution in [0.5, 0.6) is 0 Å². The smallest absolute Gasteiger partial charge is 0.176 e. The van der Waals surface area contributed by atoms with Crippen molar-refractivity contribution in [2.75, 3.05) is 6.54 Å². The monoisotopic (exact) mass is 247 g/mol. The van der Waals surface area contributed by atoms with E-state index in [2.05, 4.69) is 30.7 Å². The van der Waals surface area contributed by atoms with Gasteiger partial charge in [0.05, 0.1) is 13.1 Å². The lowest BCUT2D eigenvalue weighted by Crippen LogP contribution is -2.25. The van der Waals surface area contributed by atoms with E-state index in [1.165, 1.54) is 4.80 Å². The van der Waals surface area contributed by atoms with Crippen LogP contribution in [-0.2, 0) is 13.5 Å². The van der Waals surface area contributed by atoms with E-state index in [1.54, 1.807) is 7.05 Å². The highest BCUT2D eigenvalue weighted by Crippen LogP contribution is 2.11. The summed E-state index contributed by atoms with van der Waals surface area (Å²) >= 11 is 0. The van der Waals surface area contributed by atoms with Gasteiger partial charge in [-0.05, 0) is 24.2 Å². The molecule has 0 saturated carbocycles. The normalized spacial score (nSPS) is 12.6. The molecule has 0 radical (unpaired) electrons. The first-order valence-corrected chi connectivity index (χ1v) is 5.94. The summed E-state index contributed by atoms with van der Waals surface area (Å²) in [6.07, 6.45) is 4.26. The Balaban J connectivity index is 2.14. The molecule has 1 atom stereocenters. The molecule has 0 fully saturated rings. The summed E-state index contributed by atoms with van der Waals surface area (Å²) in [6.45, 7) is 4.85. The summed E-state index contributed by atoms with van der Waals surface area (Å²) in [5, 5.41) is 15.3. The topological polar surface area (TPSA) is 81.4 Å². The molecule has 0 aliphatic rings. The van der Waals surface area contributed by atoms with Crippen LogP contribution in [0.3, 0.4) is 0 Å². The molecule has 18 heavy (non-hydrogen) atoms. The first kappa shape index (κ1) is 12.6. The maximum Gasteiger partial charge on any atom is 0.176 e. The molecule has 0 saturated heterocycles. The van der Waals surface area contributed by atoms with Crippen molar-refractivity contribution >= 4 is 0 Å². The van der Waals surface area contributed by atoms with Gasteiger partial charge in [-0.3, -0.25) is 0 Å². The number of nitrogens with one attached hydrogen (secondary N) is 1. The van der Waals surface area contributed by atoms with Crippen molar-refractivity contribution < 1.29 is 0 Å². The number of hydrogen-bond acceptors (Lipinski definition) is 6. The second-order valence-corrected chi connectivity index (χ2v) is 4.13. The van der Waals surface area contributed by atoms with Crippen LogP contribution in [0.4, 0.5) is 0 Å². The highest BCUT2D eigenvalue weighted by molar-refractivity contribution is 5.06. The third-order valence-corrected chi connectivity index (χ3v) is 2.50. The van der Waals surface area contributed by atoms with Crippen molar-refractivity contribution in [1.29, 1.82) is 0 Å². The van der Waals surface area contributed by atoms with Crippen LogP contribution >= 0.6 is 0 Å². The van der Waals surface area contributed by atoms with E-state index in [4.69, 9.17) is 0 Å². The Hall–Kier alpha value is -1.89.